The van der Waals surface area contributed by atoms with Crippen molar-refractivity contribution in [1.82, 2.24) is 10.6 Å². The first-order valence-electron chi connectivity index (χ1n) is 10.3. The second kappa shape index (κ2) is 11.7. The van der Waals surface area contributed by atoms with E-state index in [1.54, 1.807) is 0 Å². The monoisotopic (exact) mass is 503 g/mol. The molecule has 1 saturated heterocycles. The lowest BCUT2D eigenvalue weighted by atomic mass is 10.1. The maximum atomic E-state index is 5.91. The van der Waals surface area contributed by atoms with Gasteiger partial charge in [0.25, 0.3) is 0 Å². The van der Waals surface area contributed by atoms with Gasteiger partial charge in [0.2, 0.25) is 0 Å². The molecule has 3 rings (SSSR count). The lowest BCUT2D eigenvalue weighted by molar-refractivity contribution is 0.105. The van der Waals surface area contributed by atoms with Crippen LogP contribution in [0.4, 0.5) is 0 Å². The number of benzene rings is 1. The van der Waals surface area contributed by atoms with Gasteiger partial charge in [-0.1, -0.05) is 0 Å². The topological polar surface area (TPSA) is 64.1 Å². The predicted molar refractivity (Wildman–Crippen MR) is 123 cm³/mol. The summed E-state index contributed by atoms with van der Waals surface area (Å²) < 4.78 is 17.5. The Hall–Kier alpha value is -1.22. The number of aliphatic imine (C=N–C) groups is 1. The molecule has 2 N–H and O–H groups in total. The molecule has 0 radical (unpaired) electrons. The second-order valence-corrected chi connectivity index (χ2v) is 7.18. The van der Waals surface area contributed by atoms with Gasteiger partial charge in [0.1, 0.15) is 17.6 Å². The molecule has 0 amide bonds. The van der Waals surface area contributed by atoms with Crippen molar-refractivity contribution in [3.63, 3.8) is 0 Å². The molecule has 2 heterocycles. The van der Waals surface area contributed by atoms with Gasteiger partial charge in [-0.2, -0.15) is 0 Å². The van der Waals surface area contributed by atoms with Crippen molar-refractivity contribution >= 4 is 29.9 Å². The van der Waals surface area contributed by atoms with E-state index in [2.05, 4.69) is 36.6 Å². The number of hydrogen-bond donors (Lipinski definition) is 2. The molecule has 0 saturated carbocycles. The zero-order valence-corrected chi connectivity index (χ0v) is 19.6. The minimum Gasteiger partial charge on any atom is -0.494 e. The smallest absolute Gasteiger partial charge is 0.191 e. The van der Waals surface area contributed by atoms with Gasteiger partial charge in [0.05, 0.1) is 19.3 Å². The fraction of sp³-hybridized carbons (Fsp3) is 0.667. The highest BCUT2D eigenvalue weighted by Crippen LogP contribution is 2.35. The highest BCUT2D eigenvalue weighted by atomic mass is 127. The first-order valence-corrected chi connectivity index (χ1v) is 10.3. The van der Waals surface area contributed by atoms with Crippen LogP contribution in [0, 0.1) is 0 Å². The van der Waals surface area contributed by atoms with Crippen LogP contribution in [0.1, 0.15) is 51.2 Å². The van der Waals surface area contributed by atoms with Crippen LogP contribution in [-0.4, -0.2) is 44.5 Å². The third-order valence-corrected chi connectivity index (χ3v) is 4.91. The van der Waals surface area contributed by atoms with Crippen LogP contribution in [-0.2, 0) is 17.7 Å². The molecule has 2 atom stereocenters. The third-order valence-electron chi connectivity index (χ3n) is 4.91. The molecule has 158 valence electrons. The zero-order valence-electron chi connectivity index (χ0n) is 17.3. The fourth-order valence-electron chi connectivity index (χ4n) is 3.62. The number of hydrogen-bond acceptors (Lipinski definition) is 4. The number of guanidine groups is 1. The summed E-state index contributed by atoms with van der Waals surface area (Å²) in [7, 11) is 0. The van der Waals surface area contributed by atoms with Crippen LogP contribution in [0.15, 0.2) is 17.1 Å². The summed E-state index contributed by atoms with van der Waals surface area (Å²) in [5.41, 5.74) is 2.28. The molecule has 7 heteroatoms. The van der Waals surface area contributed by atoms with Gasteiger partial charge in [-0.15, -0.1) is 24.0 Å². The van der Waals surface area contributed by atoms with Gasteiger partial charge in [0, 0.05) is 37.2 Å². The minimum absolute atomic E-state index is 0. The van der Waals surface area contributed by atoms with E-state index < -0.39 is 0 Å². The molecular formula is C21H34IN3O3. The number of halogens is 1. The number of rotatable bonds is 8. The number of nitrogens with zero attached hydrogens (tertiary/aromatic N) is 1. The predicted octanol–water partition coefficient (Wildman–Crippen LogP) is 3.65. The maximum absolute atomic E-state index is 5.91. The summed E-state index contributed by atoms with van der Waals surface area (Å²) in [6.45, 7) is 9.97. The summed E-state index contributed by atoms with van der Waals surface area (Å²) >= 11 is 0. The summed E-state index contributed by atoms with van der Waals surface area (Å²) in [6.07, 6.45) is 4.91. The van der Waals surface area contributed by atoms with Crippen LogP contribution < -0.4 is 20.1 Å². The molecule has 6 nitrogen and oxygen atoms in total. The number of ether oxygens (including phenoxy) is 3. The Balaban J connectivity index is 0.00000280. The molecular weight excluding hydrogens is 469 g/mol. The Kier molecular flexibility index (Phi) is 9.64. The molecule has 1 aromatic rings. The molecule has 2 aliphatic heterocycles. The molecule has 28 heavy (non-hydrogen) atoms. The van der Waals surface area contributed by atoms with Gasteiger partial charge >= 0.3 is 0 Å². The minimum atomic E-state index is 0. The maximum Gasteiger partial charge on any atom is 0.191 e. The molecule has 0 bridgehead atoms. The van der Waals surface area contributed by atoms with Crippen molar-refractivity contribution in [1.29, 1.82) is 0 Å². The van der Waals surface area contributed by atoms with Crippen molar-refractivity contribution < 1.29 is 14.2 Å². The van der Waals surface area contributed by atoms with Gasteiger partial charge in [-0.3, -0.25) is 0 Å². The standard InChI is InChI=1S/C21H33N3O3.HI/c1-4-22-21(23-9-8-18-7-6-10-26-18)24-14-17-13-20-16(11-15(3)27-20)12-19(17)25-5-2;/h12-13,15,18H,4-11,14H2,1-3H3,(H2,22,23,24);1H. The van der Waals surface area contributed by atoms with E-state index in [0.717, 1.165) is 55.6 Å². The fourth-order valence-corrected chi connectivity index (χ4v) is 3.62. The first kappa shape index (κ1) is 23.1. The highest BCUT2D eigenvalue weighted by molar-refractivity contribution is 14.0. The summed E-state index contributed by atoms with van der Waals surface area (Å²) in [6, 6.07) is 4.20. The quantitative estimate of drug-likeness (QED) is 0.322. The van der Waals surface area contributed by atoms with E-state index in [0.29, 0.717) is 19.3 Å². The van der Waals surface area contributed by atoms with Crippen LogP contribution in [0.25, 0.3) is 0 Å². The van der Waals surface area contributed by atoms with E-state index in [4.69, 9.17) is 19.2 Å². The Morgan fingerprint density at radius 3 is 2.86 bits per heavy atom. The second-order valence-electron chi connectivity index (χ2n) is 7.18. The van der Waals surface area contributed by atoms with E-state index in [-0.39, 0.29) is 30.1 Å². The highest BCUT2D eigenvalue weighted by Gasteiger charge is 2.22. The van der Waals surface area contributed by atoms with Crippen molar-refractivity contribution in [2.75, 3.05) is 26.3 Å². The largest absolute Gasteiger partial charge is 0.494 e. The van der Waals surface area contributed by atoms with E-state index in [9.17, 15) is 0 Å². The van der Waals surface area contributed by atoms with Crippen molar-refractivity contribution in [2.45, 2.75) is 65.2 Å². The van der Waals surface area contributed by atoms with Gasteiger partial charge < -0.3 is 24.8 Å². The number of fused-ring (bicyclic) bond motifs is 1. The Bertz CT molecular complexity index is 648. The summed E-state index contributed by atoms with van der Waals surface area (Å²) in [5, 5.41) is 6.73. The van der Waals surface area contributed by atoms with Crippen LogP contribution in [0.5, 0.6) is 11.5 Å². The molecule has 0 aromatic heterocycles. The van der Waals surface area contributed by atoms with Crippen LogP contribution in [0.2, 0.25) is 0 Å². The normalized spacial score (nSPS) is 20.9. The average molecular weight is 503 g/mol. The lowest BCUT2D eigenvalue weighted by Gasteiger charge is -2.15. The first-order chi connectivity index (χ1) is 13.2. The van der Waals surface area contributed by atoms with Crippen LogP contribution in [0.3, 0.4) is 0 Å². The SMILES string of the molecule is CCNC(=NCc1cc2c(cc1OCC)CC(C)O2)NCCC1CCCO1.I. The number of nitrogens with one attached hydrogen (secondary N) is 2. The Morgan fingerprint density at radius 2 is 2.14 bits per heavy atom. The summed E-state index contributed by atoms with van der Waals surface area (Å²) in [5.74, 6) is 2.70. The van der Waals surface area contributed by atoms with E-state index in [1.807, 2.05) is 6.92 Å². The van der Waals surface area contributed by atoms with Gasteiger partial charge in [0.15, 0.2) is 5.96 Å². The Morgan fingerprint density at radius 1 is 1.29 bits per heavy atom. The van der Waals surface area contributed by atoms with Crippen molar-refractivity contribution in [3.8, 4) is 11.5 Å². The van der Waals surface area contributed by atoms with Crippen molar-refractivity contribution in [2.24, 2.45) is 4.99 Å². The molecule has 1 aromatic carbocycles. The van der Waals surface area contributed by atoms with Crippen LogP contribution >= 0.6 is 24.0 Å². The molecule has 2 unspecified atom stereocenters. The molecule has 0 spiro atoms. The average Bonchev–Trinajstić information content (AvgIpc) is 3.28. The molecule has 0 aliphatic carbocycles. The molecule has 1 fully saturated rings. The summed E-state index contributed by atoms with van der Waals surface area (Å²) in [4.78, 5) is 4.75. The zero-order chi connectivity index (χ0) is 19.1. The third kappa shape index (κ3) is 6.40. The Labute approximate surface area is 185 Å². The van der Waals surface area contributed by atoms with E-state index in [1.165, 1.54) is 18.4 Å². The van der Waals surface area contributed by atoms with E-state index >= 15 is 0 Å². The van der Waals surface area contributed by atoms with Gasteiger partial charge in [-0.25, -0.2) is 4.99 Å². The van der Waals surface area contributed by atoms with Crippen molar-refractivity contribution in [3.05, 3.63) is 23.3 Å². The van der Waals surface area contributed by atoms with Gasteiger partial charge in [-0.05, 0) is 52.2 Å². The lowest BCUT2D eigenvalue weighted by Crippen LogP contribution is -2.38. The molecule has 2 aliphatic rings.